The molecule has 0 aromatic heterocycles. The van der Waals surface area contributed by atoms with Gasteiger partial charge >= 0.3 is 5.97 Å². The number of carbonyl (C=O) groups is 1. The Morgan fingerprint density at radius 3 is 2.91 bits per heavy atom. The van der Waals surface area contributed by atoms with Crippen LogP contribution in [0, 0.1) is 0 Å². The van der Waals surface area contributed by atoms with Crippen molar-refractivity contribution >= 4 is 5.97 Å². The van der Waals surface area contributed by atoms with E-state index in [4.69, 9.17) is 4.74 Å². The number of piperazine rings is 1. The van der Waals surface area contributed by atoms with Crippen LogP contribution in [-0.2, 0) is 11.3 Å². The molecule has 1 heterocycles. The first-order chi connectivity index (χ1) is 10.7. The molecule has 0 atom stereocenters. The fourth-order valence-corrected chi connectivity index (χ4v) is 3.97. The molecule has 1 saturated carbocycles. The molecule has 3 rings (SSSR count). The van der Waals surface area contributed by atoms with E-state index in [0.717, 1.165) is 26.2 Å². The van der Waals surface area contributed by atoms with E-state index in [1.165, 1.54) is 44.8 Å². The third-order valence-electron chi connectivity index (χ3n) is 5.19. The third-order valence-corrected chi connectivity index (χ3v) is 5.19. The molecular formula is C18H26N2O2. The molecule has 1 aromatic rings. The molecule has 1 aliphatic carbocycles. The van der Waals surface area contributed by atoms with Gasteiger partial charge in [-0.25, -0.2) is 4.79 Å². The van der Waals surface area contributed by atoms with Gasteiger partial charge in [-0.1, -0.05) is 31.4 Å². The highest BCUT2D eigenvalue weighted by atomic mass is 16.5. The van der Waals surface area contributed by atoms with Gasteiger partial charge in [0.1, 0.15) is 0 Å². The standard InChI is InChI=1S/C18H26N2O2/c1-22-17(21)16-7-5-6-15(12-16)13-20-11-10-19-14-18(20)8-3-2-4-9-18/h5-7,12,19H,2-4,8-11,13-14H2,1H3. The molecule has 4 nitrogen and oxygen atoms in total. The number of nitrogens with zero attached hydrogens (tertiary/aromatic N) is 1. The van der Waals surface area contributed by atoms with Crippen LogP contribution >= 0.6 is 0 Å². The Kier molecular flexibility index (Phi) is 4.79. The first kappa shape index (κ1) is 15.5. The molecule has 1 aromatic carbocycles. The summed E-state index contributed by atoms with van der Waals surface area (Å²) >= 11 is 0. The van der Waals surface area contributed by atoms with Gasteiger partial charge in [-0.3, -0.25) is 4.90 Å². The van der Waals surface area contributed by atoms with E-state index in [9.17, 15) is 4.79 Å². The maximum Gasteiger partial charge on any atom is 0.337 e. The van der Waals surface area contributed by atoms with Crippen molar-refractivity contribution in [3.05, 3.63) is 35.4 Å². The predicted molar refractivity (Wildman–Crippen MR) is 86.9 cm³/mol. The molecule has 1 N–H and O–H groups in total. The van der Waals surface area contributed by atoms with Crippen molar-refractivity contribution in [3.63, 3.8) is 0 Å². The van der Waals surface area contributed by atoms with Crippen molar-refractivity contribution in [3.8, 4) is 0 Å². The third kappa shape index (κ3) is 3.18. The average Bonchev–Trinajstić information content (AvgIpc) is 2.57. The lowest BCUT2D eigenvalue weighted by molar-refractivity contribution is 0.0208. The van der Waals surface area contributed by atoms with Crippen molar-refractivity contribution in [2.45, 2.75) is 44.2 Å². The Morgan fingerprint density at radius 1 is 1.32 bits per heavy atom. The van der Waals surface area contributed by atoms with Crippen LogP contribution < -0.4 is 5.32 Å². The van der Waals surface area contributed by atoms with E-state index < -0.39 is 0 Å². The molecule has 0 unspecified atom stereocenters. The second kappa shape index (κ2) is 6.80. The zero-order valence-electron chi connectivity index (χ0n) is 13.4. The number of rotatable bonds is 3. The second-order valence-corrected chi connectivity index (χ2v) is 6.58. The second-order valence-electron chi connectivity index (χ2n) is 6.58. The Morgan fingerprint density at radius 2 is 2.14 bits per heavy atom. The van der Waals surface area contributed by atoms with Gasteiger partial charge in [-0.05, 0) is 30.5 Å². The molecule has 1 spiro atoms. The van der Waals surface area contributed by atoms with Gasteiger partial charge in [-0.15, -0.1) is 0 Å². The molecule has 22 heavy (non-hydrogen) atoms. The Balaban J connectivity index is 1.77. The van der Waals surface area contributed by atoms with Gasteiger partial charge in [0.15, 0.2) is 0 Å². The largest absolute Gasteiger partial charge is 0.465 e. The SMILES string of the molecule is COC(=O)c1cccc(CN2CCNCC23CCCCC3)c1. The topological polar surface area (TPSA) is 41.6 Å². The van der Waals surface area contributed by atoms with E-state index in [0.29, 0.717) is 11.1 Å². The van der Waals surface area contributed by atoms with Gasteiger partial charge in [-0.2, -0.15) is 0 Å². The number of carbonyl (C=O) groups excluding carboxylic acids is 1. The van der Waals surface area contributed by atoms with Crippen LogP contribution in [0.25, 0.3) is 0 Å². The molecule has 0 bridgehead atoms. The summed E-state index contributed by atoms with van der Waals surface area (Å²) in [7, 11) is 1.43. The van der Waals surface area contributed by atoms with Crippen LogP contribution in [0.2, 0.25) is 0 Å². The van der Waals surface area contributed by atoms with Crippen molar-refractivity contribution in [2.24, 2.45) is 0 Å². The molecule has 1 saturated heterocycles. The number of methoxy groups -OCH3 is 1. The Bertz CT molecular complexity index is 515. The quantitative estimate of drug-likeness (QED) is 0.872. The zero-order valence-corrected chi connectivity index (χ0v) is 13.4. The van der Waals surface area contributed by atoms with Crippen LogP contribution in [-0.4, -0.2) is 43.2 Å². The monoisotopic (exact) mass is 302 g/mol. The summed E-state index contributed by atoms with van der Waals surface area (Å²) < 4.78 is 4.83. The van der Waals surface area contributed by atoms with E-state index in [1.807, 2.05) is 18.2 Å². The minimum absolute atomic E-state index is 0.255. The van der Waals surface area contributed by atoms with Gasteiger partial charge in [0.2, 0.25) is 0 Å². The van der Waals surface area contributed by atoms with Gasteiger partial charge in [0.05, 0.1) is 12.7 Å². The fraction of sp³-hybridized carbons (Fsp3) is 0.611. The molecule has 120 valence electrons. The van der Waals surface area contributed by atoms with Crippen LogP contribution in [0.3, 0.4) is 0 Å². The van der Waals surface area contributed by atoms with E-state index >= 15 is 0 Å². The first-order valence-electron chi connectivity index (χ1n) is 8.37. The molecule has 0 amide bonds. The van der Waals surface area contributed by atoms with E-state index in [2.05, 4.69) is 16.3 Å². The minimum atomic E-state index is -0.255. The maximum atomic E-state index is 11.7. The van der Waals surface area contributed by atoms with Crippen molar-refractivity contribution in [1.82, 2.24) is 10.2 Å². The highest BCUT2D eigenvalue weighted by molar-refractivity contribution is 5.89. The summed E-state index contributed by atoms with van der Waals surface area (Å²) in [6.45, 7) is 4.16. The molecule has 1 aliphatic heterocycles. The number of nitrogens with one attached hydrogen (secondary N) is 1. The summed E-state index contributed by atoms with van der Waals surface area (Å²) in [5.41, 5.74) is 2.17. The maximum absolute atomic E-state index is 11.7. The highest BCUT2D eigenvalue weighted by Crippen LogP contribution is 2.35. The number of benzene rings is 1. The smallest absolute Gasteiger partial charge is 0.337 e. The van der Waals surface area contributed by atoms with Gasteiger partial charge < -0.3 is 10.1 Å². The Hall–Kier alpha value is -1.39. The summed E-state index contributed by atoms with van der Waals surface area (Å²) in [4.78, 5) is 14.3. The Labute approximate surface area is 132 Å². The van der Waals surface area contributed by atoms with Crippen LogP contribution in [0.15, 0.2) is 24.3 Å². The van der Waals surface area contributed by atoms with Crippen molar-refractivity contribution < 1.29 is 9.53 Å². The summed E-state index contributed by atoms with van der Waals surface area (Å²) in [5.74, 6) is -0.255. The van der Waals surface area contributed by atoms with Crippen molar-refractivity contribution in [1.29, 1.82) is 0 Å². The number of hydrogen-bond acceptors (Lipinski definition) is 4. The first-order valence-corrected chi connectivity index (χ1v) is 8.37. The summed E-state index contributed by atoms with van der Waals surface area (Å²) in [5, 5.41) is 3.58. The van der Waals surface area contributed by atoms with Crippen LogP contribution in [0.4, 0.5) is 0 Å². The van der Waals surface area contributed by atoms with Crippen molar-refractivity contribution in [2.75, 3.05) is 26.7 Å². The van der Waals surface area contributed by atoms with Crippen LogP contribution in [0.5, 0.6) is 0 Å². The predicted octanol–water partition coefficient (Wildman–Crippen LogP) is 2.58. The molecule has 4 heteroatoms. The lowest BCUT2D eigenvalue weighted by atomic mass is 9.79. The zero-order chi connectivity index (χ0) is 15.4. The summed E-state index contributed by atoms with van der Waals surface area (Å²) in [6.07, 6.45) is 6.61. The fourth-order valence-electron chi connectivity index (χ4n) is 3.97. The van der Waals surface area contributed by atoms with E-state index in [1.54, 1.807) is 0 Å². The average molecular weight is 302 g/mol. The number of esters is 1. The normalized spacial score (nSPS) is 21.7. The lowest BCUT2D eigenvalue weighted by Crippen LogP contribution is -2.61. The molecule has 2 fully saturated rings. The highest BCUT2D eigenvalue weighted by Gasteiger charge is 2.39. The lowest BCUT2D eigenvalue weighted by Gasteiger charge is -2.50. The minimum Gasteiger partial charge on any atom is -0.465 e. The molecular weight excluding hydrogens is 276 g/mol. The number of hydrogen-bond donors (Lipinski definition) is 1. The van der Waals surface area contributed by atoms with Gasteiger partial charge in [0.25, 0.3) is 0 Å². The van der Waals surface area contributed by atoms with E-state index in [-0.39, 0.29) is 5.97 Å². The number of ether oxygens (including phenoxy) is 1. The van der Waals surface area contributed by atoms with Gasteiger partial charge in [0, 0.05) is 31.7 Å². The van der Waals surface area contributed by atoms with Crippen LogP contribution in [0.1, 0.15) is 48.0 Å². The summed E-state index contributed by atoms with van der Waals surface area (Å²) in [6, 6.07) is 7.87. The molecule has 0 radical (unpaired) electrons. The molecule has 2 aliphatic rings.